The number of rotatable bonds is 5. The molecule has 0 unspecified atom stereocenters. The van der Waals surface area contributed by atoms with Crippen molar-refractivity contribution >= 4 is 16.7 Å². The van der Waals surface area contributed by atoms with Crippen LogP contribution in [-0.2, 0) is 0 Å². The number of aliphatic hydroxyl groups is 1. The lowest BCUT2D eigenvalue weighted by atomic mass is 10.0. The van der Waals surface area contributed by atoms with Gasteiger partial charge in [-0.3, -0.25) is 4.79 Å². The molecule has 0 aliphatic carbocycles. The molecule has 0 spiro atoms. The number of aromatic hydroxyl groups is 1. The lowest BCUT2D eigenvalue weighted by Gasteiger charge is -2.21. The molecule has 0 saturated carbocycles. The van der Waals surface area contributed by atoms with Gasteiger partial charge in [-0.25, -0.2) is 0 Å². The van der Waals surface area contributed by atoms with Gasteiger partial charge in [-0.05, 0) is 36.2 Å². The fraction of sp³-hybridized carbons (Fsp3) is 0.312. The zero-order valence-electron chi connectivity index (χ0n) is 11.5. The van der Waals surface area contributed by atoms with Gasteiger partial charge in [-0.15, -0.1) is 0 Å². The van der Waals surface area contributed by atoms with Crippen LogP contribution in [-0.4, -0.2) is 40.7 Å². The zero-order valence-corrected chi connectivity index (χ0v) is 11.5. The third kappa shape index (κ3) is 2.91. The third-order valence-electron chi connectivity index (χ3n) is 3.35. The Bertz CT molecular complexity index is 610. The first kappa shape index (κ1) is 14.3. The van der Waals surface area contributed by atoms with Crippen molar-refractivity contribution in [1.82, 2.24) is 4.90 Å². The highest BCUT2D eigenvalue weighted by molar-refractivity contribution is 6.01. The highest BCUT2D eigenvalue weighted by atomic mass is 16.3. The number of phenols is 1. The highest BCUT2D eigenvalue weighted by Crippen LogP contribution is 2.26. The average molecular weight is 273 g/mol. The molecule has 2 N–H and O–H groups in total. The van der Waals surface area contributed by atoms with Crippen LogP contribution in [0.4, 0.5) is 0 Å². The first-order valence-electron chi connectivity index (χ1n) is 6.79. The number of amides is 1. The Labute approximate surface area is 118 Å². The Hall–Kier alpha value is -2.07. The first-order chi connectivity index (χ1) is 9.67. The molecule has 106 valence electrons. The summed E-state index contributed by atoms with van der Waals surface area (Å²) in [6, 6.07) is 10.9. The fourth-order valence-corrected chi connectivity index (χ4v) is 2.23. The van der Waals surface area contributed by atoms with E-state index in [0.29, 0.717) is 25.1 Å². The molecule has 1 amide bonds. The number of carbonyl (C=O) groups is 1. The van der Waals surface area contributed by atoms with Crippen molar-refractivity contribution in [2.24, 2.45) is 0 Å². The molecule has 0 aliphatic rings. The van der Waals surface area contributed by atoms with Gasteiger partial charge in [0.25, 0.3) is 5.91 Å². The highest BCUT2D eigenvalue weighted by Gasteiger charge is 2.18. The van der Waals surface area contributed by atoms with Crippen LogP contribution in [0, 0.1) is 0 Å². The number of phenolic OH excluding ortho intramolecular Hbond substituents is 1. The van der Waals surface area contributed by atoms with E-state index in [4.69, 9.17) is 5.11 Å². The minimum Gasteiger partial charge on any atom is -0.507 e. The lowest BCUT2D eigenvalue weighted by Crippen LogP contribution is -2.32. The number of hydrogen-bond acceptors (Lipinski definition) is 3. The van der Waals surface area contributed by atoms with E-state index < -0.39 is 0 Å². The van der Waals surface area contributed by atoms with Crippen molar-refractivity contribution in [3.63, 3.8) is 0 Å². The smallest absolute Gasteiger partial charge is 0.257 e. The summed E-state index contributed by atoms with van der Waals surface area (Å²) >= 11 is 0. The van der Waals surface area contributed by atoms with Crippen molar-refractivity contribution in [3.8, 4) is 5.75 Å². The molecule has 0 bridgehead atoms. The Morgan fingerprint density at radius 3 is 2.45 bits per heavy atom. The van der Waals surface area contributed by atoms with Crippen LogP contribution in [0.25, 0.3) is 10.8 Å². The first-order valence-corrected chi connectivity index (χ1v) is 6.79. The van der Waals surface area contributed by atoms with E-state index in [2.05, 4.69) is 0 Å². The summed E-state index contributed by atoms with van der Waals surface area (Å²) in [6.45, 7) is 2.96. The van der Waals surface area contributed by atoms with Gasteiger partial charge in [0.1, 0.15) is 5.75 Å². The quantitative estimate of drug-likeness (QED) is 0.879. The number of fused-ring (bicyclic) bond motifs is 1. The van der Waals surface area contributed by atoms with Gasteiger partial charge in [-0.1, -0.05) is 24.3 Å². The second kappa shape index (κ2) is 6.39. The van der Waals surface area contributed by atoms with Crippen LogP contribution in [0.1, 0.15) is 23.7 Å². The Morgan fingerprint density at radius 1 is 1.20 bits per heavy atom. The molecule has 0 saturated heterocycles. The van der Waals surface area contributed by atoms with Gasteiger partial charge >= 0.3 is 0 Å². The van der Waals surface area contributed by atoms with E-state index in [-0.39, 0.29) is 18.3 Å². The SMILES string of the molecule is CCN(CCCO)C(=O)c1cc2ccccc2cc1O. The van der Waals surface area contributed by atoms with Crippen molar-refractivity contribution in [2.45, 2.75) is 13.3 Å². The Kier molecular flexibility index (Phi) is 4.58. The molecule has 2 rings (SSSR count). The number of hydrogen-bond donors (Lipinski definition) is 2. The van der Waals surface area contributed by atoms with E-state index >= 15 is 0 Å². The number of benzene rings is 2. The topological polar surface area (TPSA) is 60.8 Å². The van der Waals surface area contributed by atoms with Gasteiger partial charge < -0.3 is 15.1 Å². The molecule has 20 heavy (non-hydrogen) atoms. The van der Waals surface area contributed by atoms with Gasteiger partial charge in [0.15, 0.2) is 0 Å². The zero-order chi connectivity index (χ0) is 14.5. The molecule has 2 aromatic carbocycles. The van der Waals surface area contributed by atoms with Crippen LogP contribution in [0.5, 0.6) is 5.75 Å². The summed E-state index contributed by atoms with van der Waals surface area (Å²) < 4.78 is 0. The summed E-state index contributed by atoms with van der Waals surface area (Å²) in [5, 5.41) is 20.7. The van der Waals surface area contributed by atoms with Crippen LogP contribution in [0.3, 0.4) is 0 Å². The number of aliphatic hydroxyl groups excluding tert-OH is 1. The van der Waals surface area contributed by atoms with Crippen LogP contribution in [0.15, 0.2) is 36.4 Å². The molecule has 0 aliphatic heterocycles. The van der Waals surface area contributed by atoms with Crippen molar-refractivity contribution in [1.29, 1.82) is 0 Å². The Morgan fingerprint density at radius 2 is 1.85 bits per heavy atom. The minimum atomic E-state index is -0.204. The Balaban J connectivity index is 2.35. The molecule has 4 heteroatoms. The van der Waals surface area contributed by atoms with Crippen LogP contribution < -0.4 is 0 Å². The third-order valence-corrected chi connectivity index (χ3v) is 3.35. The standard InChI is InChI=1S/C16H19NO3/c1-2-17(8-5-9-18)16(20)14-10-12-6-3-4-7-13(12)11-15(14)19/h3-4,6-7,10-11,18-19H,2,5,8-9H2,1H3. The van der Waals surface area contributed by atoms with E-state index in [9.17, 15) is 9.90 Å². The van der Waals surface area contributed by atoms with Crippen LogP contribution >= 0.6 is 0 Å². The predicted molar refractivity (Wildman–Crippen MR) is 78.9 cm³/mol. The molecular weight excluding hydrogens is 254 g/mol. The van der Waals surface area contributed by atoms with E-state index in [1.807, 2.05) is 31.2 Å². The fourth-order valence-electron chi connectivity index (χ4n) is 2.23. The normalized spacial score (nSPS) is 10.7. The minimum absolute atomic E-state index is 0.00357. The predicted octanol–water partition coefficient (Wildman–Crippen LogP) is 2.39. The van der Waals surface area contributed by atoms with Gasteiger partial charge in [0.05, 0.1) is 5.56 Å². The van der Waals surface area contributed by atoms with Crippen LogP contribution in [0.2, 0.25) is 0 Å². The van der Waals surface area contributed by atoms with E-state index in [1.165, 1.54) is 0 Å². The largest absolute Gasteiger partial charge is 0.507 e. The molecule has 0 atom stereocenters. The summed E-state index contributed by atoms with van der Waals surface area (Å²) in [6.07, 6.45) is 0.536. The van der Waals surface area contributed by atoms with Crippen molar-refractivity contribution in [3.05, 3.63) is 42.0 Å². The maximum atomic E-state index is 12.4. The second-order valence-electron chi connectivity index (χ2n) is 4.68. The maximum absolute atomic E-state index is 12.4. The number of carbonyl (C=O) groups excluding carboxylic acids is 1. The van der Waals surface area contributed by atoms with Gasteiger partial charge in [-0.2, -0.15) is 0 Å². The second-order valence-corrected chi connectivity index (χ2v) is 4.68. The molecule has 4 nitrogen and oxygen atoms in total. The van der Waals surface area contributed by atoms with Gasteiger partial charge in [0.2, 0.25) is 0 Å². The van der Waals surface area contributed by atoms with Crippen molar-refractivity contribution < 1.29 is 15.0 Å². The molecule has 2 aromatic rings. The molecule has 0 heterocycles. The molecule has 0 radical (unpaired) electrons. The maximum Gasteiger partial charge on any atom is 0.257 e. The van der Waals surface area contributed by atoms with E-state index in [0.717, 1.165) is 10.8 Å². The average Bonchev–Trinajstić information content (AvgIpc) is 2.47. The molecule has 0 fully saturated rings. The molecular formula is C16H19NO3. The summed E-state index contributed by atoms with van der Waals surface area (Å²) in [5.41, 5.74) is 0.309. The summed E-state index contributed by atoms with van der Waals surface area (Å²) in [4.78, 5) is 14.1. The number of nitrogens with zero attached hydrogens (tertiary/aromatic N) is 1. The lowest BCUT2D eigenvalue weighted by molar-refractivity contribution is 0.0751. The van der Waals surface area contributed by atoms with Gasteiger partial charge in [0, 0.05) is 19.7 Å². The summed E-state index contributed by atoms with van der Waals surface area (Å²) in [5.74, 6) is -0.208. The van der Waals surface area contributed by atoms with E-state index in [1.54, 1.807) is 17.0 Å². The molecule has 0 aromatic heterocycles. The summed E-state index contributed by atoms with van der Waals surface area (Å²) in [7, 11) is 0. The monoisotopic (exact) mass is 273 g/mol. The van der Waals surface area contributed by atoms with Crippen molar-refractivity contribution in [2.75, 3.05) is 19.7 Å².